The molecule has 2 N–H and O–H groups in total. The lowest BCUT2D eigenvalue weighted by atomic mass is 10.2. The largest absolute Gasteiger partial charge is 0.493 e. The number of benzene rings is 2. The lowest BCUT2D eigenvalue weighted by Crippen LogP contribution is -2.26. The fourth-order valence-electron chi connectivity index (χ4n) is 2.50. The topological polar surface area (TPSA) is 76.2 Å². The number of imidazole rings is 1. The van der Waals surface area contributed by atoms with Crippen molar-refractivity contribution in [2.75, 3.05) is 20.8 Å². The van der Waals surface area contributed by atoms with E-state index in [0.29, 0.717) is 30.0 Å². The number of ether oxygens (including phenoxy) is 2. The molecule has 0 spiro atoms. The lowest BCUT2D eigenvalue weighted by molar-refractivity contribution is 0.0953. The van der Waals surface area contributed by atoms with Crippen molar-refractivity contribution in [2.24, 2.45) is 0 Å². The van der Waals surface area contributed by atoms with Gasteiger partial charge < -0.3 is 19.8 Å². The van der Waals surface area contributed by atoms with E-state index in [-0.39, 0.29) is 5.91 Å². The Hall–Kier alpha value is -3.02. The van der Waals surface area contributed by atoms with Crippen molar-refractivity contribution in [1.29, 1.82) is 0 Å². The Labute approximate surface area is 139 Å². The maximum Gasteiger partial charge on any atom is 0.251 e. The molecule has 0 bridgehead atoms. The minimum absolute atomic E-state index is 0.160. The molecule has 0 aliphatic carbocycles. The van der Waals surface area contributed by atoms with Crippen LogP contribution in [0.25, 0.3) is 11.0 Å². The van der Waals surface area contributed by atoms with Gasteiger partial charge >= 0.3 is 0 Å². The maximum absolute atomic E-state index is 12.2. The summed E-state index contributed by atoms with van der Waals surface area (Å²) >= 11 is 0. The molecule has 6 nitrogen and oxygen atoms in total. The monoisotopic (exact) mass is 325 g/mol. The molecule has 3 aromatic rings. The van der Waals surface area contributed by atoms with Gasteiger partial charge in [-0.15, -0.1) is 0 Å². The standard InChI is InChI=1S/C18H19N3O3/c1-23-15-8-7-12(11-16(15)24-2)18(22)19-10-9-17-20-13-5-3-4-6-14(13)21-17/h3-8,11H,9-10H2,1-2H3,(H,19,22)(H,20,21). The first kappa shape index (κ1) is 15.9. The van der Waals surface area contributed by atoms with Crippen LogP contribution in [0.3, 0.4) is 0 Å². The number of aromatic nitrogens is 2. The van der Waals surface area contributed by atoms with E-state index in [2.05, 4.69) is 15.3 Å². The molecule has 124 valence electrons. The van der Waals surface area contributed by atoms with Crippen molar-refractivity contribution >= 4 is 16.9 Å². The zero-order valence-electron chi connectivity index (χ0n) is 13.6. The van der Waals surface area contributed by atoms with E-state index in [1.165, 1.54) is 0 Å². The van der Waals surface area contributed by atoms with Crippen molar-refractivity contribution < 1.29 is 14.3 Å². The normalized spacial score (nSPS) is 10.6. The minimum atomic E-state index is -0.160. The maximum atomic E-state index is 12.2. The molecule has 1 heterocycles. The average Bonchev–Trinajstić information content (AvgIpc) is 3.03. The molecule has 0 radical (unpaired) electrons. The summed E-state index contributed by atoms with van der Waals surface area (Å²) in [5.74, 6) is 1.81. The van der Waals surface area contributed by atoms with Gasteiger partial charge in [0, 0.05) is 18.5 Å². The van der Waals surface area contributed by atoms with E-state index in [9.17, 15) is 4.79 Å². The zero-order chi connectivity index (χ0) is 16.9. The molecule has 6 heteroatoms. The van der Waals surface area contributed by atoms with Gasteiger partial charge in [-0.3, -0.25) is 4.79 Å². The number of nitrogens with zero attached hydrogens (tertiary/aromatic N) is 1. The number of aromatic amines is 1. The predicted octanol–water partition coefficient (Wildman–Crippen LogP) is 2.55. The number of H-pyrrole nitrogens is 1. The molecule has 0 saturated carbocycles. The Balaban J connectivity index is 1.61. The van der Waals surface area contributed by atoms with Crippen LogP contribution in [0.15, 0.2) is 42.5 Å². The van der Waals surface area contributed by atoms with Gasteiger partial charge in [0.15, 0.2) is 11.5 Å². The van der Waals surface area contributed by atoms with Gasteiger partial charge in [0.05, 0.1) is 25.3 Å². The summed E-state index contributed by atoms with van der Waals surface area (Å²) in [4.78, 5) is 20.0. The quantitative estimate of drug-likeness (QED) is 0.730. The third kappa shape index (κ3) is 3.32. The smallest absolute Gasteiger partial charge is 0.251 e. The fourth-order valence-corrected chi connectivity index (χ4v) is 2.50. The first-order valence-corrected chi connectivity index (χ1v) is 7.65. The summed E-state index contributed by atoms with van der Waals surface area (Å²) in [7, 11) is 3.10. The van der Waals surface area contributed by atoms with Crippen LogP contribution < -0.4 is 14.8 Å². The number of fused-ring (bicyclic) bond motifs is 1. The third-order valence-corrected chi connectivity index (χ3v) is 3.73. The number of amides is 1. The molecule has 0 unspecified atom stereocenters. The number of nitrogens with one attached hydrogen (secondary N) is 2. The number of methoxy groups -OCH3 is 2. The van der Waals surface area contributed by atoms with Crippen LogP contribution in [0.4, 0.5) is 0 Å². The molecule has 24 heavy (non-hydrogen) atoms. The molecular formula is C18H19N3O3. The van der Waals surface area contributed by atoms with E-state index in [1.807, 2.05) is 24.3 Å². The van der Waals surface area contributed by atoms with Gasteiger partial charge in [-0.25, -0.2) is 4.98 Å². The highest BCUT2D eigenvalue weighted by Crippen LogP contribution is 2.27. The number of hydrogen-bond acceptors (Lipinski definition) is 4. The summed E-state index contributed by atoms with van der Waals surface area (Å²) in [5, 5.41) is 2.89. The van der Waals surface area contributed by atoms with Gasteiger partial charge in [-0.2, -0.15) is 0 Å². The molecule has 0 aliphatic rings. The summed E-state index contributed by atoms with van der Waals surface area (Å²) in [6, 6.07) is 12.9. The molecule has 2 aromatic carbocycles. The Morgan fingerprint density at radius 3 is 2.67 bits per heavy atom. The van der Waals surface area contributed by atoms with Crippen LogP contribution in [0, 0.1) is 0 Å². The number of rotatable bonds is 6. The van der Waals surface area contributed by atoms with Crippen LogP contribution in [0.1, 0.15) is 16.2 Å². The Kier molecular flexibility index (Phi) is 4.65. The van der Waals surface area contributed by atoms with E-state index in [4.69, 9.17) is 9.47 Å². The average molecular weight is 325 g/mol. The first-order chi connectivity index (χ1) is 11.7. The zero-order valence-corrected chi connectivity index (χ0v) is 13.6. The summed E-state index contributed by atoms with van der Waals surface area (Å²) < 4.78 is 10.4. The highest BCUT2D eigenvalue weighted by molar-refractivity contribution is 5.94. The second kappa shape index (κ2) is 7.04. The van der Waals surface area contributed by atoms with Crippen LogP contribution in [0.2, 0.25) is 0 Å². The molecule has 1 amide bonds. The van der Waals surface area contributed by atoms with Crippen molar-refractivity contribution in [2.45, 2.75) is 6.42 Å². The van der Waals surface area contributed by atoms with Crippen LogP contribution in [0.5, 0.6) is 11.5 Å². The van der Waals surface area contributed by atoms with E-state index < -0.39 is 0 Å². The molecule has 3 rings (SSSR count). The Morgan fingerprint density at radius 2 is 1.92 bits per heavy atom. The molecular weight excluding hydrogens is 306 g/mol. The van der Waals surface area contributed by atoms with Gasteiger partial charge in [0.2, 0.25) is 0 Å². The summed E-state index contributed by atoms with van der Waals surface area (Å²) in [6.07, 6.45) is 0.633. The summed E-state index contributed by atoms with van der Waals surface area (Å²) in [6.45, 7) is 0.493. The molecule has 1 aromatic heterocycles. The van der Waals surface area contributed by atoms with Crippen LogP contribution in [-0.2, 0) is 6.42 Å². The number of carbonyl (C=O) groups is 1. The number of hydrogen-bond donors (Lipinski definition) is 2. The Bertz CT molecular complexity index is 825. The third-order valence-electron chi connectivity index (χ3n) is 3.73. The Morgan fingerprint density at radius 1 is 1.12 bits per heavy atom. The SMILES string of the molecule is COc1ccc(C(=O)NCCc2nc3ccccc3[nH]2)cc1OC. The number of carbonyl (C=O) groups excluding carboxylic acids is 1. The van der Waals surface area contributed by atoms with Gasteiger partial charge in [-0.1, -0.05) is 12.1 Å². The fraction of sp³-hybridized carbons (Fsp3) is 0.222. The van der Waals surface area contributed by atoms with Gasteiger partial charge in [0.1, 0.15) is 5.82 Å². The number of para-hydroxylation sites is 2. The van der Waals surface area contributed by atoms with Crippen LogP contribution in [-0.4, -0.2) is 36.6 Å². The van der Waals surface area contributed by atoms with Crippen molar-refractivity contribution in [1.82, 2.24) is 15.3 Å². The molecule has 0 saturated heterocycles. The van der Waals surface area contributed by atoms with E-state index in [0.717, 1.165) is 16.9 Å². The lowest BCUT2D eigenvalue weighted by Gasteiger charge is -2.09. The minimum Gasteiger partial charge on any atom is -0.493 e. The van der Waals surface area contributed by atoms with Gasteiger partial charge in [0.25, 0.3) is 5.91 Å². The second-order valence-corrected chi connectivity index (χ2v) is 5.28. The van der Waals surface area contributed by atoms with E-state index in [1.54, 1.807) is 32.4 Å². The molecule has 0 fully saturated rings. The highest BCUT2D eigenvalue weighted by atomic mass is 16.5. The van der Waals surface area contributed by atoms with Crippen molar-refractivity contribution in [3.63, 3.8) is 0 Å². The van der Waals surface area contributed by atoms with Gasteiger partial charge in [-0.05, 0) is 30.3 Å². The van der Waals surface area contributed by atoms with Crippen molar-refractivity contribution in [3.05, 3.63) is 53.9 Å². The second-order valence-electron chi connectivity index (χ2n) is 5.28. The summed E-state index contributed by atoms with van der Waals surface area (Å²) in [5.41, 5.74) is 2.45. The predicted molar refractivity (Wildman–Crippen MR) is 91.7 cm³/mol. The molecule has 0 aliphatic heterocycles. The van der Waals surface area contributed by atoms with Crippen molar-refractivity contribution in [3.8, 4) is 11.5 Å². The van der Waals surface area contributed by atoms with E-state index >= 15 is 0 Å². The van der Waals surface area contributed by atoms with Crippen LogP contribution >= 0.6 is 0 Å². The highest BCUT2D eigenvalue weighted by Gasteiger charge is 2.10. The molecule has 0 atom stereocenters. The first-order valence-electron chi connectivity index (χ1n) is 7.65.